The van der Waals surface area contributed by atoms with Crippen LogP contribution < -0.4 is 5.32 Å². The predicted octanol–water partition coefficient (Wildman–Crippen LogP) is 5.42. The Morgan fingerprint density at radius 3 is 2.33 bits per heavy atom. The zero-order chi connectivity index (χ0) is 15.5. The summed E-state index contributed by atoms with van der Waals surface area (Å²) in [5, 5.41) is 5.37. The van der Waals surface area contributed by atoms with E-state index >= 15 is 0 Å². The van der Waals surface area contributed by atoms with Gasteiger partial charge in [0.2, 0.25) is 0 Å². The van der Waals surface area contributed by atoms with Crippen LogP contribution >= 0.6 is 27.3 Å². The molecule has 0 aliphatic carbocycles. The van der Waals surface area contributed by atoms with Crippen LogP contribution in [0.1, 0.15) is 29.0 Å². The Balaban J connectivity index is 2.16. The average molecular weight is 378 g/mol. The zero-order valence-corrected chi connectivity index (χ0v) is 13.8. The van der Waals surface area contributed by atoms with E-state index in [9.17, 15) is 13.2 Å². The first-order valence-corrected chi connectivity index (χ1v) is 8.21. The maximum Gasteiger partial charge on any atom is 0.416 e. The van der Waals surface area contributed by atoms with E-state index in [0.717, 1.165) is 33.6 Å². The molecule has 6 heteroatoms. The molecule has 1 N–H and O–H groups in total. The van der Waals surface area contributed by atoms with E-state index in [0.29, 0.717) is 6.42 Å². The van der Waals surface area contributed by atoms with Gasteiger partial charge in [-0.1, -0.05) is 19.1 Å². The van der Waals surface area contributed by atoms with E-state index in [2.05, 4.69) is 21.2 Å². The number of halogens is 4. The molecule has 0 aliphatic rings. The van der Waals surface area contributed by atoms with Gasteiger partial charge in [-0.3, -0.25) is 0 Å². The van der Waals surface area contributed by atoms with E-state index in [1.807, 2.05) is 18.4 Å². The van der Waals surface area contributed by atoms with Gasteiger partial charge in [-0.2, -0.15) is 13.2 Å². The van der Waals surface area contributed by atoms with E-state index in [-0.39, 0.29) is 6.04 Å². The third-order valence-electron chi connectivity index (χ3n) is 3.13. The molecular formula is C15H15BrF3NS. The summed E-state index contributed by atoms with van der Waals surface area (Å²) in [4.78, 5) is 1.16. The minimum atomic E-state index is -4.28. The van der Waals surface area contributed by atoms with Crippen LogP contribution in [0.5, 0.6) is 0 Å². The summed E-state index contributed by atoms with van der Waals surface area (Å²) >= 11 is 5.14. The molecule has 114 valence electrons. The highest BCUT2D eigenvalue weighted by Crippen LogP contribution is 2.32. The molecule has 2 rings (SSSR count). The molecule has 1 atom stereocenters. The second-order valence-electron chi connectivity index (χ2n) is 4.64. The topological polar surface area (TPSA) is 12.0 Å². The maximum atomic E-state index is 12.6. The Morgan fingerprint density at radius 2 is 1.86 bits per heavy atom. The summed E-state index contributed by atoms with van der Waals surface area (Å²) in [5.41, 5.74) is 0.276. The average Bonchev–Trinajstić information content (AvgIpc) is 2.84. The maximum absolute atomic E-state index is 12.6. The largest absolute Gasteiger partial charge is 0.416 e. The quantitative estimate of drug-likeness (QED) is 0.732. The number of alkyl halides is 3. The molecule has 0 saturated carbocycles. The molecule has 0 amide bonds. The summed E-state index contributed by atoms with van der Waals surface area (Å²) in [6.07, 6.45) is -3.62. The Labute approximate surface area is 134 Å². The van der Waals surface area contributed by atoms with Crippen molar-refractivity contribution < 1.29 is 13.2 Å². The van der Waals surface area contributed by atoms with Crippen LogP contribution in [0.25, 0.3) is 0 Å². The van der Waals surface area contributed by atoms with Crippen molar-refractivity contribution in [3.63, 3.8) is 0 Å². The highest BCUT2D eigenvalue weighted by molar-refractivity contribution is 9.10. The number of benzene rings is 1. The molecule has 0 spiro atoms. The SMILES string of the molecule is CCNC(Cc1ccc(C(F)(F)F)cc1)c1sccc1Br. The fourth-order valence-electron chi connectivity index (χ4n) is 2.12. The van der Waals surface area contributed by atoms with Gasteiger partial charge in [0, 0.05) is 15.4 Å². The zero-order valence-electron chi connectivity index (χ0n) is 11.4. The molecule has 0 fully saturated rings. The van der Waals surface area contributed by atoms with Crippen molar-refractivity contribution in [3.05, 3.63) is 56.2 Å². The highest BCUT2D eigenvalue weighted by Gasteiger charge is 2.30. The summed E-state index contributed by atoms with van der Waals surface area (Å²) in [6, 6.07) is 7.46. The molecule has 21 heavy (non-hydrogen) atoms. The predicted molar refractivity (Wildman–Crippen MR) is 83.6 cm³/mol. The molecule has 1 aromatic heterocycles. The first-order valence-electron chi connectivity index (χ1n) is 6.54. The number of thiophene rings is 1. The van der Waals surface area contributed by atoms with Crippen molar-refractivity contribution in [1.29, 1.82) is 0 Å². The van der Waals surface area contributed by atoms with Gasteiger partial charge in [0.25, 0.3) is 0 Å². The third-order valence-corrected chi connectivity index (χ3v) is 5.12. The smallest absolute Gasteiger partial charge is 0.309 e. The number of nitrogens with one attached hydrogen (secondary N) is 1. The van der Waals surface area contributed by atoms with Crippen LogP contribution in [0.2, 0.25) is 0 Å². The fraction of sp³-hybridized carbons (Fsp3) is 0.333. The van der Waals surface area contributed by atoms with Crippen molar-refractivity contribution in [2.24, 2.45) is 0 Å². The van der Waals surface area contributed by atoms with E-state index in [1.165, 1.54) is 0 Å². The molecule has 1 nitrogen and oxygen atoms in total. The number of hydrogen-bond acceptors (Lipinski definition) is 2. The Kier molecular flexibility index (Phi) is 5.46. The molecule has 1 aromatic carbocycles. The van der Waals surface area contributed by atoms with Crippen LogP contribution in [0.4, 0.5) is 13.2 Å². The normalized spacial score (nSPS) is 13.4. The van der Waals surface area contributed by atoms with Crippen LogP contribution in [0.3, 0.4) is 0 Å². The van der Waals surface area contributed by atoms with Crippen molar-refractivity contribution in [2.75, 3.05) is 6.54 Å². The first kappa shape index (κ1) is 16.5. The van der Waals surface area contributed by atoms with Crippen molar-refractivity contribution in [3.8, 4) is 0 Å². The molecule has 2 aromatic rings. The van der Waals surface area contributed by atoms with Gasteiger partial charge in [-0.15, -0.1) is 11.3 Å². The van der Waals surface area contributed by atoms with Crippen LogP contribution in [-0.4, -0.2) is 6.54 Å². The van der Waals surface area contributed by atoms with Gasteiger partial charge < -0.3 is 5.32 Å². The lowest BCUT2D eigenvalue weighted by Gasteiger charge is -2.18. The lowest BCUT2D eigenvalue weighted by atomic mass is 10.0. The lowest BCUT2D eigenvalue weighted by Crippen LogP contribution is -2.22. The Hall–Kier alpha value is -0.850. The number of rotatable bonds is 5. The monoisotopic (exact) mass is 377 g/mol. The number of likely N-dealkylation sites (N-methyl/N-ethyl adjacent to an activating group) is 1. The van der Waals surface area contributed by atoms with Crippen molar-refractivity contribution in [2.45, 2.75) is 25.6 Å². The summed E-state index contributed by atoms with van der Waals surface area (Å²) in [6.45, 7) is 2.82. The molecule has 0 saturated heterocycles. The van der Waals surface area contributed by atoms with Crippen LogP contribution in [-0.2, 0) is 12.6 Å². The molecule has 1 unspecified atom stereocenters. The minimum Gasteiger partial charge on any atom is -0.309 e. The van der Waals surface area contributed by atoms with Gasteiger partial charge >= 0.3 is 6.18 Å². The lowest BCUT2D eigenvalue weighted by molar-refractivity contribution is -0.137. The summed E-state index contributed by atoms with van der Waals surface area (Å²) in [7, 11) is 0. The van der Waals surface area contributed by atoms with Crippen LogP contribution in [0.15, 0.2) is 40.2 Å². The second kappa shape index (κ2) is 6.94. The minimum absolute atomic E-state index is 0.0983. The van der Waals surface area contributed by atoms with Crippen molar-refractivity contribution >= 4 is 27.3 Å². The Morgan fingerprint density at radius 1 is 1.19 bits per heavy atom. The van der Waals surface area contributed by atoms with Gasteiger partial charge in [-0.25, -0.2) is 0 Å². The van der Waals surface area contributed by atoms with Gasteiger partial charge in [0.15, 0.2) is 0 Å². The first-order chi connectivity index (χ1) is 9.91. The van der Waals surface area contributed by atoms with E-state index in [4.69, 9.17) is 0 Å². The van der Waals surface area contributed by atoms with Crippen LogP contribution in [0, 0.1) is 0 Å². The second-order valence-corrected chi connectivity index (χ2v) is 6.44. The molecule has 1 heterocycles. The van der Waals surface area contributed by atoms with E-state index < -0.39 is 11.7 Å². The standard InChI is InChI=1S/C15H15BrF3NS/c1-2-20-13(14-12(16)7-8-21-14)9-10-3-5-11(6-4-10)15(17,18)19/h3-8,13,20H,2,9H2,1H3. The molecular weight excluding hydrogens is 363 g/mol. The van der Waals surface area contributed by atoms with Crippen molar-refractivity contribution in [1.82, 2.24) is 5.32 Å². The molecule has 0 radical (unpaired) electrons. The molecule has 0 aliphatic heterocycles. The summed E-state index contributed by atoms with van der Waals surface area (Å²) < 4.78 is 38.7. The fourth-order valence-corrected chi connectivity index (χ4v) is 3.85. The molecule has 0 bridgehead atoms. The Bertz CT molecular complexity index is 577. The number of hydrogen-bond donors (Lipinski definition) is 1. The summed E-state index contributed by atoms with van der Waals surface area (Å²) in [5.74, 6) is 0. The van der Waals surface area contributed by atoms with Gasteiger partial charge in [-0.05, 0) is 58.0 Å². The van der Waals surface area contributed by atoms with Gasteiger partial charge in [0.1, 0.15) is 0 Å². The van der Waals surface area contributed by atoms with E-state index in [1.54, 1.807) is 23.5 Å². The third kappa shape index (κ3) is 4.31. The van der Waals surface area contributed by atoms with Gasteiger partial charge in [0.05, 0.1) is 5.56 Å². The highest BCUT2D eigenvalue weighted by atomic mass is 79.9.